The number of likely N-dealkylation sites (N-methyl/N-ethyl adjacent to an activating group) is 2. The van der Waals surface area contributed by atoms with Crippen LogP contribution in [-0.4, -0.2) is 37.5 Å². The van der Waals surface area contributed by atoms with Crippen molar-refractivity contribution in [3.8, 4) is 6.07 Å². The number of nitrogens with zero attached hydrogens (tertiary/aromatic N) is 1. The Labute approximate surface area is 131 Å². The van der Waals surface area contributed by atoms with E-state index in [2.05, 4.69) is 10.6 Å². The van der Waals surface area contributed by atoms with Gasteiger partial charge in [-0.15, -0.1) is 0 Å². The van der Waals surface area contributed by atoms with Crippen LogP contribution in [0.25, 0.3) is 0 Å². The number of hydrogen-bond acceptors (Lipinski definition) is 3. The number of benzene rings is 1. The molecular formula is C16H23N4O2+. The van der Waals surface area contributed by atoms with Gasteiger partial charge in [0.2, 0.25) is 0 Å². The summed E-state index contributed by atoms with van der Waals surface area (Å²) in [6.45, 7) is 7.15. The summed E-state index contributed by atoms with van der Waals surface area (Å²) in [4.78, 5) is 24.9. The fraction of sp³-hybridized carbons (Fsp3) is 0.438. The van der Waals surface area contributed by atoms with E-state index in [-0.39, 0.29) is 24.4 Å². The lowest BCUT2D eigenvalue weighted by Gasteiger charge is -2.23. The Balaban J connectivity index is 2.65. The number of amides is 2. The highest BCUT2D eigenvalue weighted by Crippen LogP contribution is 2.08. The van der Waals surface area contributed by atoms with Crippen molar-refractivity contribution < 1.29 is 14.5 Å². The van der Waals surface area contributed by atoms with Gasteiger partial charge in [-0.05, 0) is 45.0 Å². The molecule has 0 bridgehead atoms. The summed E-state index contributed by atoms with van der Waals surface area (Å²) >= 11 is 0. The molecule has 0 saturated carbocycles. The molecule has 0 aliphatic rings. The van der Waals surface area contributed by atoms with E-state index >= 15 is 0 Å². The number of nitrogens with one attached hydrogen (secondary N) is 3. The summed E-state index contributed by atoms with van der Waals surface area (Å²) in [5, 5.41) is 14.3. The first-order valence-electron chi connectivity index (χ1n) is 7.44. The summed E-state index contributed by atoms with van der Waals surface area (Å²) < 4.78 is 0. The molecule has 0 saturated heterocycles. The molecule has 2 atom stereocenters. The van der Waals surface area contributed by atoms with Crippen molar-refractivity contribution in [2.45, 2.75) is 26.8 Å². The molecule has 0 aliphatic heterocycles. The smallest absolute Gasteiger partial charge is 0.282 e. The predicted octanol–water partition coefficient (Wildman–Crippen LogP) is -0.0738. The number of carbonyl (C=O) groups is 2. The number of carbonyl (C=O) groups excluding carboxylic acids is 2. The topological polar surface area (TPSA) is 86.4 Å². The van der Waals surface area contributed by atoms with Crippen molar-refractivity contribution in [2.24, 2.45) is 0 Å². The molecule has 1 unspecified atom stereocenters. The fourth-order valence-corrected chi connectivity index (χ4v) is 2.11. The first kappa shape index (κ1) is 17.7. The third-order valence-corrected chi connectivity index (χ3v) is 3.50. The largest absolute Gasteiger partial charge is 0.351 e. The van der Waals surface area contributed by atoms with Crippen LogP contribution in [0.15, 0.2) is 24.3 Å². The Morgan fingerprint density at radius 3 is 2.41 bits per heavy atom. The zero-order valence-electron chi connectivity index (χ0n) is 13.3. The van der Waals surface area contributed by atoms with Gasteiger partial charge in [0.1, 0.15) is 0 Å². The van der Waals surface area contributed by atoms with Crippen LogP contribution in [0.1, 0.15) is 26.3 Å². The number of quaternary nitrogens is 1. The van der Waals surface area contributed by atoms with E-state index in [1.165, 1.54) is 0 Å². The van der Waals surface area contributed by atoms with E-state index in [9.17, 15) is 9.59 Å². The van der Waals surface area contributed by atoms with Crippen LogP contribution in [0.4, 0.5) is 5.69 Å². The molecule has 1 aromatic carbocycles. The first-order chi connectivity index (χ1) is 10.5. The van der Waals surface area contributed by atoms with Gasteiger partial charge < -0.3 is 15.5 Å². The van der Waals surface area contributed by atoms with Gasteiger partial charge in [0, 0.05) is 12.2 Å². The highest BCUT2D eigenvalue weighted by Gasteiger charge is 2.25. The molecule has 1 aromatic rings. The zero-order chi connectivity index (χ0) is 16.5. The summed E-state index contributed by atoms with van der Waals surface area (Å²) in [6, 6.07) is 8.38. The van der Waals surface area contributed by atoms with Gasteiger partial charge in [-0.2, -0.15) is 5.26 Å². The van der Waals surface area contributed by atoms with E-state index < -0.39 is 0 Å². The molecule has 0 fully saturated rings. The predicted molar refractivity (Wildman–Crippen MR) is 84.3 cm³/mol. The van der Waals surface area contributed by atoms with Gasteiger partial charge in [-0.25, -0.2) is 0 Å². The highest BCUT2D eigenvalue weighted by molar-refractivity contribution is 5.93. The standard InChI is InChI=1S/C16H22N4O2/c1-4-18-15(21)11-20(5-2)12(3)16(22)19-14-8-6-13(10-17)7-9-14/h6-9,12H,4-5,11H2,1-3H3,(H,18,21)(H,19,22)/p+1/t12-/m1/s1. The van der Waals surface area contributed by atoms with Crippen molar-refractivity contribution in [3.63, 3.8) is 0 Å². The first-order valence-corrected chi connectivity index (χ1v) is 7.44. The van der Waals surface area contributed by atoms with Crippen LogP contribution >= 0.6 is 0 Å². The van der Waals surface area contributed by atoms with Gasteiger partial charge in [0.05, 0.1) is 18.2 Å². The minimum Gasteiger partial charge on any atom is -0.351 e. The summed E-state index contributed by atoms with van der Waals surface area (Å²) in [6.07, 6.45) is 0. The van der Waals surface area contributed by atoms with Gasteiger partial charge in [0.15, 0.2) is 12.6 Å². The van der Waals surface area contributed by atoms with Crippen LogP contribution in [-0.2, 0) is 9.59 Å². The molecule has 6 heteroatoms. The highest BCUT2D eigenvalue weighted by atomic mass is 16.2. The number of nitriles is 1. The maximum atomic E-state index is 12.3. The molecule has 6 nitrogen and oxygen atoms in total. The van der Waals surface area contributed by atoms with Crippen molar-refractivity contribution in [2.75, 3.05) is 25.0 Å². The number of anilines is 1. The summed E-state index contributed by atoms with van der Waals surface area (Å²) in [5.41, 5.74) is 1.19. The molecule has 0 aromatic heterocycles. The second-order valence-corrected chi connectivity index (χ2v) is 5.04. The molecule has 3 N–H and O–H groups in total. The number of hydrogen-bond donors (Lipinski definition) is 3. The fourth-order valence-electron chi connectivity index (χ4n) is 2.11. The molecule has 0 aliphatic carbocycles. The van der Waals surface area contributed by atoms with E-state index in [0.717, 1.165) is 4.90 Å². The van der Waals surface area contributed by atoms with E-state index in [1.54, 1.807) is 31.2 Å². The van der Waals surface area contributed by atoms with Crippen LogP contribution in [0.3, 0.4) is 0 Å². The van der Waals surface area contributed by atoms with Gasteiger partial charge in [-0.3, -0.25) is 9.59 Å². The van der Waals surface area contributed by atoms with Crippen molar-refractivity contribution in [1.82, 2.24) is 5.32 Å². The maximum absolute atomic E-state index is 12.3. The molecule has 2 amide bonds. The molecule has 0 spiro atoms. The molecule has 118 valence electrons. The second-order valence-electron chi connectivity index (χ2n) is 5.04. The van der Waals surface area contributed by atoms with Gasteiger partial charge in [-0.1, -0.05) is 0 Å². The Hall–Kier alpha value is -2.39. The molecule has 1 rings (SSSR count). The second kappa shape index (κ2) is 8.80. The van der Waals surface area contributed by atoms with E-state index in [4.69, 9.17) is 5.26 Å². The Morgan fingerprint density at radius 1 is 1.27 bits per heavy atom. The average molecular weight is 303 g/mol. The SMILES string of the molecule is CCNC(=O)C[NH+](CC)[C@H](C)C(=O)Nc1ccc(C#N)cc1. The van der Waals surface area contributed by atoms with Gasteiger partial charge in [0.25, 0.3) is 11.8 Å². The van der Waals surface area contributed by atoms with Gasteiger partial charge >= 0.3 is 0 Å². The van der Waals surface area contributed by atoms with Crippen LogP contribution in [0.5, 0.6) is 0 Å². The van der Waals surface area contributed by atoms with Crippen molar-refractivity contribution in [3.05, 3.63) is 29.8 Å². The zero-order valence-corrected chi connectivity index (χ0v) is 13.3. The van der Waals surface area contributed by atoms with Crippen LogP contribution < -0.4 is 15.5 Å². The van der Waals surface area contributed by atoms with Crippen LogP contribution in [0, 0.1) is 11.3 Å². The lowest BCUT2D eigenvalue weighted by molar-refractivity contribution is -0.904. The summed E-state index contributed by atoms with van der Waals surface area (Å²) in [7, 11) is 0. The van der Waals surface area contributed by atoms with Crippen molar-refractivity contribution >= 4 is 17.5 Å². The Kier molecular flexibility index (Phi) is 7.06. The normalized spacial score (nSPS) is 12.8. The minimum absolute atomic E-state index is 0.0580. The third-order valence-electron chi connectivity index (χ3n) is 3.50. The molecular weight excluding hydrogens is 280 g/mol. The van der Waals surface area contributed by atoms with E-state index in [0.29, 0.717) is 24.3 Å². The lowest BCUT2D eigenvalue weighted by atomic mass is 10.2. The van der Waals surface area contributed by atoms with Crippen LogP contribution in [0.2, 0.25) is 0 Å². The molecule has 0 radical (unpaired) electrons. The Morgan fingerprint density at radius 2 is 1.91 bits per heavy atom. The Bertz CT molecular complexity index is 548. The minimum atomic E-state index is -0.344. The maximum Gasteiger partial charge on any atom is 0.282 e. The molecule has 22 heavy (non-hydrogen) atoms. The monoisotopic (exact) mass is 303 g/mol. The van der Waals surface area contributed by atoms with Crippen molar-refractivity contribution in [1.29, 1.82) is 5.26 Å². The quantitative estimate of drug-likeness (QED) is 0.659. The average Bonchev–Trinajstić information content (AvgIpc) is 2.52. The summed E-state index contributed by atoms with van der Waals surface area (Å²) in [5.74, 6) is -0.205. The number of rotatable bonds is 7. The molecule has 0 heterocycles. The lowest BCUT2D eigenvalue weighted by Crippen LogP contribution is -3.17. The van der Waals surface area contributed by atoms with E-state index in [1.807, 2.05) is 19.9 Å². The third kappa shape index (κ3) is 5.19.